The van der Waals surface area contributed by atoms with Gasteiger partial charge in [-0.15, -0.1) is 0 Å². The Balaban J connectivity index is 1.89. The number of carbonyl (C=O) groups is 1. The Kier molecular flexibility index (Phi) is 5.05. The van der Waals surface area contributed by atoms with Gasteiger partial charge in [-0.1, -0.05) is 6.92 Å². The average Bonchev–Trinajstić information content (AvgIpc) is 3.23. The molecule has 0 unspecified atom stereocenters. The number of anilines is 1. The lowest BCUT2D eigenvalue weighted by Gasteiger charge is -2.17. The van der Waals surface area contributed by atoms with Crippen LogP contribution in [0.15, 0.2) is 6.07 Å². The van der Waals surface area contributed by atoms with E-state index in [1.54, 1.807) is 17.7 Å². The molecule has 2 heterocycles. The molecular weight excluding hydrogens is 359 g/mol. The largest absolute Gasteiger partial charge is 0.435 e. The maximum Gasteiger partial charge on any atom is 0.435 e. The quantitative estimate of drug-likeness (QED) is 0.847. The summed E-state index contributed by atoms with van der Waals surface area (Å²) < 4.78 is 43.0. The van der Waals surface area contributed by atoms with Crippen LogP contribution in [0.4, 0.5) is 19.0 Å². The van der Waals surface area contributed by atoms with Crippen LogP contribution in [-0.4, -0.2) is 25.5 Å². The number of halogens is 3. The molecule has 148 valence electrons. The highest BCUT2D eigenvalue weighted by atomic mass is 19.4. The number of alkyl halides is 3. The van der Waals surface area contributed by atoms with Crippen molar-refractivity contribution in [3.05, 3.63) is 28.7 Å². The zero-order valence-electron chi connectivity index (χ0n) is 15.9. The Labute approximate surface area is 155 Å². The summed E-state index contributed by atoms with van der Waals surface area (Å²) in [5.41, 5.74) is 0.788. The van der Waals surface area contributed by atoms with Crippen molar-refractivity contribution < 1.29 is 18.0 Å². The number of nitrogens with zero attached hydrogens (tertiary/aromatic N) is 4. The minimum absolute atomic E-state index is 0.140. The minimum Gasteiger partial charge on any atom is -0.307 e. The van der Waals surface area contributed by atoms with Crippen molar-refractivity contribution in [2.75, 3.05) is 5.32 Å². The highest BCUT2D eigenvalue weighted by Gasteiger charge is 2.41. The van der Waals surface area contributed by atoms with E-state index in [2.05, 4.69) is 15.5 Å². The van der Waals surface area contributed by atoms with E-state index in [1.165, 1.54) is 4.68 Å². The molecule has 1 amide bonds. The molecule has 1 aliphatic rings. The molecule has 0 saturated carbocycles. The monoisotopic (exact) mass is 383 g/mol. The van der Waals surface area contributed by atoms with Crippen LogP contribution in [0, 0.1) is 6.92 Å². The normalized spacial score (nSPS) is 15.3. The van der Waals surface area contributed by atoms with Gasteiger partial charge < -0.3 is 5.32 Å². The van der Waals surface area contributed by atoms with Gasteiger partial charge in [-0.3, -0.25) is 14.2 Å². The molecule has 1 N–H and O–H groups in total. The van der Waals surface area contributed by atoms with Gasteiger partial charge in [0, 0.05) is 29.1 Å². The van der Waals surface area contributed by atoms with E-state index < -0.39 is 23.8 Å². The summed E-state index contributed by atoms with van der Waals surface area (Å²) in [5, 5.41) is 10.9. The Morgan fingerprint density at radius 1 is 1.26 bits per heavy atom. The van der Waals surface area contributed by atoms with Crippen molar-refractivity contribution >= 4 is 11.7 Å². The number of aromatic nitrogens is 4. The first-order chi connectivity index (χ1) is 12.6. The number of carbonyl (C=O) groups excluding carboxylic acids is 1. The molecule has 0 saturated heterocycles. The summed E-state index contributed by atoms with van der Waals surface area (Å²) >= 11 is 0. The standard InChI is InChI=1S/C18H24F3N5O/c1-5-13(17(27)22-15-9-11(4)25(23-15)10(2)3)26-14-8-6-7-12(14)16(24-26)18(19,20)21/h9-10,13H,5-8H2,1-4H3,(H,22,23,27)/t13-/m0/s1. The summed E-state index contributed by atoms with van der Waals surface area (Å²) in [6.07, 6.45) is -2.68. The lowest BCUT2D eigenvalue weighted by Crippen LogP contribution is -2.28. The molecule has 1 atom stereocenters. The van der Waals surface area contributed by atoms with Crippen LogP contribution in [-0.2, 0) is 23.8 Å². The predicted molar refractivity (Wildman–Crippen MR) is 94.6 cm³/mol. The maximum atomic E-state index is 13.3. The van der Waals surface area contributed by atoms with E-state index in [0.29, 0.717) is 37.2 Å². The van der Waals surface area contributed by atoms with E-state index in [0.717, 1.165) is 5.69 Å². The van der Waals surface area contributed by atoms with Gasteiger partial charge in [-0.2, -0.15) is 23.4 Å². The second kappa shape index (κ2) is 7.01. The van der Waals surface area contributed by atoms with E-state index in [4.69, 9.17) is 0 Å². The van der Waals surface area contributed by atoms with Crippen molar-refractivity contribution in [2.24, 2.45) is 0 Å². The summed E-state index contributed by atoms with van der Waals surface area (Å²) in [4.78, 5) is 12.8. The van der Waals surface area contributed by atoms with E-state index in [1.807, 2.05) is 20.8 Å². The Hall–Kier alpha value is -2.32. The lowest BCUT2D eigenvalue weighted by molar-refractivity contribution is -0.142. The van der Waals surface area contributed by atoms with Crippen LogP contribution in [0.3, 0.4) is 0 Å². The van der Waals surface area contributed by atoms with Crippen LogP contribution in [0.2, 0.25) is 0 Å². The second-order valence-corrected chi connectivity index (χ2v) is 7.19. The first-order valence-corrected chi connectivity index (χ1v) is 9.18. The fraction of sp³-hybridized carbons (Fsp3) is 0.611. The summed E-state index contributed by atoms with van der Waals surface area (Å²) in [7, 11) is 0. The number of amides is 1. The summed E-state index contributed by atoms with van der Waals surface area (Å²) in [6, 6.07) is 1.08. The number of aryl methyl sites for hydroxylation is 1. The highest BCUT2D eigenvalue weighted by molar-refractivity contribution is 5.92. The molecule has 0 fully saturated rings. The number of rotatable bonds is 5. The number of hydrogen-bond acceptors (Lipinski definition) is 3. The van der Waals surface area contributed by atoms with Crippen molar-refractivity contribution in [3.8, 4) is 0 Å². The smallest absolute Gasteiger partial charge is 0.307 e. The molecule has 27 heavy (non-hydrogen) atoms. The van der Waals surface area contributed by atoms with Gasteiger partial charge in [0.1, 0.15) is 6.04 Å². The van der Waals surface area contributed by atoms with Crippen LogP contribution >= 0.6 is 0 Å². The van der Waals surface area contributed by atoms with Gasteiger partial charge in [0.25, 0.3) is 0 Å². The van der Waals surface area contributed by atoms with Crippen molar-refractivity contribution in [1.82, 2.24) is 19.6 Å². The molecule has 3 rings (SSSR count). The van der Waals surface area contributed by atoms with Gasteiger partial charge >= 0.3 is 6.18 Å². The van der Waals surface area contributed by atoms with Crippen LogP contribution < -0.4 is 5.32 Å². The third kappa shape index (κ3) is 3.59. The molecule has 0 aromatic carbocycles. The fourth-order valence-electron chi connectivity index (χ4n) is 3.70. The van der Waals surface area contributed by atoms with Crippen molar-refractivity contribution in [1.29, 1.82) is 0 Å². The lowest BCUT2D eigenvalue weighted by atomic mass is 10.1. The topological polar surface area (TPSA) is 64.7 Å². The average molecular weight is 383 g/mol. The van der Waals surface area contributed by atoms with Gasteiger partial charge in [-0.05, 0) is 46.5 Å². The first-order valence-electron chi connectivity index (χ1n) is 9.18. The first kappa shape index (κ1) is 19.4. The van der Waals surface area contributed by atoms with Gasteiger partial charge in [-0.25, -0.2) is 0 Å². The SMILES string of the molecule is CC[C@@H](C(=O)Nc1cc(C)n(C(C)C)n1)n1nc(C(F)(F)F)c2c1CCC2. The summed E-state index contributed by atoms with van der Waals surface area (Å²) in [6.45, 7) is 7.60. The predicted octanol–water partition coefficient (Wildman–Crippen LogP) is 4.07. The minimum atomic E-state index is -4.51. The van der Waals surface area contributed by atoms with Crippen LogP contribution in [0.5, 0.6) is 0 Å². The Bertz CT molecular complexity index is 850. The molecule has 0 aliphatic heterocycles. The zero-order chi connectivity index (χ0) is 19.9. The molecule has 1 aliphatic carbocycles. The van der Waals surface area contributed by atoms with Crippen LogP contribution in [0.1, 0.15) is 68.3 Å². The highest BCUT2D eigenvalue weighted by Crippen LogP contribution is 2.38. The van der Waals surface area contributed by atoms with Gasteiger partial charge in [0.15, 0.2) is 11.5 Å². The van der Waals surface area contributed by atoms with E-state index >= 15 is 0 Å². The third-order valence-electron chi connectivity index (χ3n) is 4.87. The number of hydrogen-bond donors (Lipinski definition) is 1. The van der Waals surface area contributed by atoms with E-state index in [9.17, 15) is 18.0 Å². The maximum absolute atomic E-state index is 13.3. The number of nitrogens with one attached hydrogen (secondary N) is 1. The number of fused-ring (bicyclic) bond motifs is 1. The fourth-order valence-corrected chi connectivity index (χ4v) is 3.70. The third-order valence-corrected chi connectivity index (χ3v) is 4.87. The molecular formula is C18H24F3N5O. The second-order valence-electron chi connectivity index (χ2n) is 7.19. The Morgan fingerprint density at radius 3 is 2.52 bits per heavy atom. The van der Waals surface area contributed by atoms with Crippen LogP contribution in [0.25, 0.3) is 0 Å². The molecule has 2 aromatic rings. The Morgan fingerprint density at radius 2 is 1.96 bits per heavy atom. The molecule has 0 radical (unpaired) electrons. The van der Waals surface area contributed by atoms with Crippen molar-refractivity contribution in [2.45, 2.75) is 71.6 Å². The summed E-state index contributed by atoms with van der Waals surface area (Å²) in [5.74, 6) is -0.0127. The van der Waals surface area contributed by atoms with Gasteiger partial charge in [0.05, 0.1) is 0 Å². The van der Waals surface area contributed by atoms with Gasteiger partial charge in [0.2, 0.25) is 5.91 Å². The van der Waals surface area contributed by atoms with E-state index in [-0.39, 0.29) is 11.6 Å². The molecule has 0 bridgehead atoms. The van der Waals surface area contributed by atoms with Crippen molar-refractivity contribution in [3.63, 3.8) is 0 Å². The molecule has 2 aromatic heterocycles. The molecule has 6 nitrogen and oxygen atoms in total. The molecule has 0 spiro atoms. The zero-order valence-corrected chi connectivity index (χ0v) is 15.9. The molecule has 9 heteroatoms.